The lowest BCUT2D eigenvalue weighted by atomic mass is 10.1. The predicted octanol–water partition coefficient (Wildman–Crippen LogP) is 4.67. The fourth-order valence-corrected chi connectivity index (χ4v) is 2.85. The minimum Gasteiger partial charge on any atom is -0.387 e. The van der Waals surface area contributed by atoms with Crippen molar-refractivity contribution in [3.8, 4) is 0 Å². The zero-order chi connectivity index (χ0) is 13.8. The highest BCUT2D eigenvalue weighted by molar-refractivity contribution is 9.10. The molecule has 1 atom stereocenters. The van der Waals surface area contributed by atoms with Gasteiger partial charge in [0.05, 0.1) is 6.10 Å². The first-order valence-corrected chi connectivity index (χ1v) is 7.58. The number of hydrogen-bond acceptors (Lipinski definition) is 2. The molecule has 0 aliphatic carbocycles. The van der Waals surface area contributed by atoms with Gasteiger partial charge in [-0.1, -0.05) is 34.1 Å². The van der Waals surface area contributed by atoms with Crippen LogP contribution in [0.15, 0.2) is 51.4 Å². The van der Waals surface area contributed by atoms with Crippen molar-refractivity contribution in [3.05, 3.63) is 62.5 Å². The third-order valence-corrected chi connectivity index (χ3v) is 3.99. The standard InChI is InChI=1S/C15H15Br2NO/c1-10-5-6-14(13(17)7-10)18-9-15(19)11-3-2-4-12(16)8-11/h2-8,15,18-19H,9H2,1H3. The predicted molar refractivity (Wildman–Crippen MR) is 86.5 cm³/mol. The second kappa shape index (κ2) is 6.55. The van der Waals surface area contributed by atoms with Crippen molar-refractivity contribution < 1.29 is 5.11 Å². The lowest BCUT2D eigenvalue weighted by Crippen LogP contribution is -2.12. The smallest absolute Gasteiger partial charge is 0.0962 e. The topological polar surface area (TPSA) is 32.3 Å². The zero-order valence-corrected chi connectivity index (χ0v) is 13.7. The van der Waals surface area contributed by atoms with Crippen molar-refractivity contribution in [2.45, 2.75) is 13.0 Å². The minimum absolute atomic E-state index is 0.470. The molecule has 19 heavy (non-hydrogen) atoms. The van der Waals surface area contributed by atoms with E-state index in [0.29, 0.717) is 6.54 Å². The maximum Gasteiger partial charge on any atom is 0.0962 e. The Morgan fingerprint density at radius 2 is 1.95 bits per heavy atom. The van der Waals surface area contributed by atoms with Gasteiger partial charge in [0.15, 0.2) is 0 Å². The Bertz CT molecular complexity index is 572. The average molecular weight is 385 g/mol. The number of hydrogen-bond donors (Lipinski definition) is 2. The molecule has 0 bridgehead atoms. The molecule has 2 aromatic carbocycles. The summed E-state index contributed by atoms with van der Waals surface area (Å²) < 4.78 is 1.98. The first kappa shape index (κ1) is 14.6. The summed E-state index contributed by atoms with van der Waals surface area (Å²) in [4.78, 5) is 0. The average Bonchev–Trinajstić information content (AvgIpc) is 2.37. The summed E-state index contributed by atoms with van der Waals surface area (Å²) in [7, 11) is 0. The zero-order valence-electron chi connectivity index (χ0n) is 10.5. The molecule has 2 N–H and O–H groups in total. The Kier molecular flexibility index (Phi) is 5.02. The number of rotatable bonds is 4. The molecular weight excluding hydrogens is 370 g/mol. The van der Waals surface area contributed by atoms with E-state index in [-0.39, 0.29) is 0 Å². The van der Waals surface area contributed by atoms with Crippen LogP contribution in [0.4, 0.5) is 5.69 Å². The van der Waals surface area contributed by atoms with Crippen LogP contribution in [-0.4, -0.2) is 11.7 Å². The highest BCUT2D eigenvalue weighted by Crippen LogP contribution is 2.25. The third kappa shape index (κ3) is 4.06. The van der Waals surface area contributed by atoms with Gasteiger partial charge in [-0.2, -0.15) is 0 Å². The summed E-state index contributed by atoms with van der Waals surface area (Å²) in [5.41, 5.74) is 3.08. The highest BCUT2D eigenvalue weighted by Gasteiger charge is 2.08. The van der Waals surface area contributed by atoms with Crippen LogP contribution in [-0.2, 0) is 0 Å². The van der Waals surface area contributed by atoms with Crippen LogP contribution in [0.3, 0.4) is 0 Å². The van der Waals surface area contributed by atoms with Gasteiger partial charge in [-0.25, -0.2) is 0 Å². The number of halogens is 2. The Morgan fingerprint density at radius 1 is 1.16 bits per heavy atom. The number of anilines is 1. The molecule has 4 heteroatoms. The lowest BCUT2D eigenvalue weighted by molar-refractivity contribution is 0.191. The van der Waals surface area contributed by atoms with Crippen molar-refractivity contribution in [2.24, 2.45) is 0 Å². The third-order valence-electron chi connectivity index (χ3n) is 2.84. The van der Waals surface area contributed by atoms with Crippen molar-refractivity contribution in [1.82, 2.24) is 0 Å². The molecule has 0 radical (unpaired) electrons. The van der Waals surface area contributed by atoms with Gasteiger partial charge < -0.3 is 10.4 Å². The molecule has 0 fully saturated rings. The Morgan fingerprint density at radius 3 is 2.63 bits per heavy atom. The van der Waals surface area contributed by atoms with Crippen LogP contribution in [0.2, 0.25) is 0 Å². The maximum atomic E-state index is 10.2. The summed E-state index contributed by atoms with van der Waals surface area (Å²) in [6.45, 7) is 2.52. The Balaban J connectivity index is 2.02. The molecule has 0 aliphatic rings. The second-order valence-corrected chi connectivity index (χ2v) is 6.21. The molecule has 0 spiro atoms. The first-order valence-electron chi connectivity index (χ1n) is 6.00. The van der Waals surface area contributed by atoms with E-state index in [1.807, 2.05) is 49.4 Å². The molecule has 0 saturated heterocycles. The Hall–Kier alpha value is -0.840. The lowest BCUT2D eigenvalue weighted by Gasteiger charge is -2.14. The number of aliphatic hydroxyl groups excluding tert-OH is 1. The molecule has 0 saturated carbocycles. The molecule has 0 heterocycles. The number of aryl methyl sites for hydroxylation is 1. The van der Waals surface area contributed by atoms with Crippen LogP contribution in [0, 0.1) is 6.92 Å². The van der Waals surface area contributed by atoms with Gasteiger partial charge in [0.25, 0.3) is 0 Å². The molecule has 100 valence electrons. The molecule has 2 rings (SSSR count). The van der Waals surface area contributed by atoms with Crippen molar-refractivity contribution in [2.75, 3.05) is 11.9 Å². The fraction of sp³-hybridized carbons (Fsp3) is 0.200. The van der Waals surface area contributed by atoms with Crippen LogP contribution in [0.1, 0.15) is 17.2 Å². The summed E-state index contributed by atoms with van der Waals surface area (Å²) in [5, 5.41) is 13.4. The molecular formula is C15H15Br2NO. The van der Waals surface area contributed by atoms with Crippen LogP contribution in [0.5, 0.6) is 0 Å². The first-order chi connectivity index (χ1) is 9.06. The van der Waals surface area contributed by atoms with E-state index < -0.39 is 6.10 Å². The van der Waals surface area contributed by atoms with E-state index in [2.05, 4.69) is 37.2 Å². The van der Waals surface area contributed by atoms with E-state index >= 15 is 0 Å². The molecule has 2 nitrogen and oxygen atoms in total. The van der Waals surface area contributed by atoms with Gasteiger partial charge in [0, 0.05) is 21.2 Å². The normalized spacial score (nSPS) is 12.2. The van der Waals surface area contributed by atoms with Crippen molar-refractivity contribution >= 4 is 37.5 Å². The van der Waals surface area contributed by atoms with Gasteiger partial charge in [-0.15, -0.1) is 0 Å². The van der Waals surface area contributed by atoms with Crippen LogP contribution in [0.25, 0.3) is 0 Å². The Labute approximate surface area is 130 Å². The largest absolute Gasteiger partial charge is 0.387 e. The van der Waals surface area contributed by atoms with Crippen molar-refractivity contribution in [3.63, 3.8) is 0 Å². The molecule has 0 aromatic heterocycles. The monoisotopic (exact) mass is 383 g/mol. The van der Waals surface area contributed by atoms with E-state index in [9.17, 15) is 5.11 Å². The van der Waals surface area contributed by atoms with Gasteiger partial charge in [-0.05, 0) is 58.2 Å². The summed E-state index contributed by atoms with van der Waals surface area (Å²) in [6.07, 6.45) is -0.536. The summed E-state index contributed by atoms with van der Waals surface area (Å²) >= 11 is 6.92. The molecule has 1 unspecified atom stereocenters. The molecule has 0 amide bonds. The van der Waals surface area contributed by atoms with Crippen molar-refractivity contribution in [1.29, 1.82) is 0 Å². The quantitative estimate of drug-likeness (QED) is 0.802. The van der Waals surface area contributed by atoms with Crippen LogP contribution >= 0.6 is 31.9 Å². The SMILES string of the molecule is Cc1ccc(NCC(O)c2cccc(Br)c2)c(Br)c1. The van der Waals surface area contributed by atoms with Gasteiger partial charge in [-0.3, -0.25) is 0 Å². The molecule has 2 aromatic rings. The minimum atomic E-state index is -0.536. The number of aliphatic hydroxyl groups is 1. The van der Waals surface area contributed by atoms with Gasteiger partial charge in [0.1, 0.15) is 0 Å². The van der Waals surface area contributed by atoms with Gasteiger partial charge in [0.2, 0.25) is 0 Å². The molecule has 0 aliphatic heterocycles. The number of benzene rings is 2. The van der Waals surface area contributed by atoms with E-state index in [4.69, 9.17) is 0 Å². The van der Waals surface area contributed by atoms with Crippen LogP contribution < -0.4 is 5.32 Å². The van der Waals surface area contributed by atoms with E-state index in [1.54, 1.807) is 0 Å². The second-order valence-electron chi connectivity index (χ2n) is 4.44. The van der Waals surface area contributed by atoms with Gasteiger partial charge >= 0.3 is 0 Å². The highest BCUT2D eigenvalue weighted by atomic mass is 79.9. The summed E-state index contributed by atoms with van der Waals surface area (Å²) in [6, 6.07) is 13.8. The van der Waals surface area contributed by atoms with E-state index in [0.717, 1.165) is 20.2 Å². The maximum absolute atomic E-state index is 10.2. The fourth-order valence-electron chi connectivity index (χ4n) is 1.80. The summed E-state index contributed by atoms with van der Waals surface area (Å²) in [5.74, 6) is 0. The van der Waals surface area contributed by atoms with E-state index in [1.165, 1.54) is 5.56 Å². The number of nitrogens with one attached hydrogen (secondary N) is 1.